The highest BCUT2D eigenvalue weighted by Gasteiger charge is 2.11. The van der Waals surface area contributed by atoms with E-state index < -0.39 is 11.7 Å². The largest absolute Gasteiger partial charge is 0.504 e. The van der Waals surface area contributed by atoms with Crippen molar-refractivity contribution in [3.05, 3.63) is 47.9 Å². The Hall–Kier alpha value is -2.63. The summed E-state index contributed by atoms with van der Waals surface area (Å²) in [4.78, 5) is 15.5. The molecule has 92 valence electrons. The summed E-state index contributed by atoms with van der Waals surface area (Å²) < 4.78 is 13.2. The first-order valence-corrected chi connectivity index (χ1v) is 5.08. The van der Waals surface area contributed by atoms with Gasteiger partial charge >= 0.3 is 0 Å². The normalized spacial score (nSPS) is 10.1. The summed E-state index contributed by atoms with van der Waals surface area (Å²) in [5, 5.41) is 11.8. The van der Waals surface area contributed by atoms with Crippen LogP contribution in [0.2, 0.25) is 0 Å². The molecule has 1 amide bonds. The number of nitrogen functional groups attached to an aromatic ring is 1. The van der Waals surface area contributed by atoms with Crippen molar-refractivity contribution in [1.82, 2.24) is 4.98 Å². The van der Waals surface area contributed by atoms with Crippen molar-refractivity contribution in [2.75, 3.05) is 11.1 Å². The highest BCUT2D eigenvalue weighted by Crippen LogP contribution is 2.19. The zero-order valence-corrected chi connectivity index (χ0v) is 9.22. The second-order valence-corrected chi connectivity index (χ2v) is 3.56. The predicted molar refractivity (Wildman–Crippen MR) is 64.7 cm³/mol. The Morgan fingerprint density at radius 1 is 1.39 bits per heavy atom. The molecule has 0 bridgehead atoms. The number of benzene rings is 1. The van der Waals surface area contributed by atoms with Gasteiger partial charge in [0.1, 0.15) is 5.82 Å². The van der Waals surface area contributed by atoms with Gasteiger partial charge in [-0.05, 0) is 30.3 Å². The number of carbonyl (C=O) groups excluding carboxylic acids is 1. The molecule has 0 atom stereocenters. The fraction of sp³-hybridized carbons (Fsp3) is 0. The first kappa shape index (κ1) is 11.8. The van der Waals surface area contributed by atoms with Crippen LogP contribution in [0.3, 0.4) is 0 Å². The maximum absolute atomic E-state index is 13.2. The summed E-state index contributed by atoms with van der Waals surface area (Å²) in [5.41, 5.74) is 5.36. The average Bonchev–Trinajstić information content (AvgIpc) is 2.35. The molecule has 0 saturated carbocycles. The minimum Gasteiger partial charge on any atom is -0.504 e. The van der Waals surface area contributed by atoms with Crippen LogP contribution in [0.25, 0.3) is 0 Å². The molecule has 18 heavy (non-hydrogen) atoms. The maximum atomic E-state index is 13.2. The van der Waals surface area contributed by atoms with Crippen molar-refractivity contribution >= 4 is 17.4 Å². The molecule has 2 aromatic rings. The molecule has 0 saturated heterocycles. The second-order valence-electron chi connectivity index (χ2n) is 3.56. The SMILES string of the molecule is Nc1ccc(C(=O)Nc2ncccc2O)cc1F. The number of halogens is 1. The van der Waals surface area contributed by atoms with Crippen molar-refractivity contribution in [1.29, 1.82) is 0 Å². The summed E-state index contributed by atoms with van der Waals surface area (Å²) in [6.45, 7) is 0. The third kappa shape index (κ3) is 2.37. The van der Waals surface area contributed by atoms with E-state index in [0.717, 1.165) is 6.07 Å². The molecule has 0 aliphatic heterocycles. The lowest BCUT2D eigenvalue weighted by Crippen LogP contribution is -2.13. The molecule has 4 N–H and O–H groups in total. The number of nitrogens with one attached hydrogen (secondary N) is 1. The number of pyridine rings is 1. The second kappa shape index (κ2) is 4.70. The van der Waals surface area contributed by atoms with Gasteiger partial charge < -0.3 is 16.2 Å². The van der Waals surface area contributed by atoms with Gasteiger partial charge in [0.05, 0.1) is 5.69 Å². The molecule has 2 rings (SSSR count). The number of hydrogen-bond donors (Lipinski definition) is 3. The molecule has 1 aromatic heterocycles. The van der Waals surface area contributed by atoms with Gasteiger partial charge in [0, 0.05) is 11.8 Å². The molecule has 0 aliphatic rings. The molecule has 0 unspecified atom stereocenters. The summed E-state index contributed by atoms with van der Waals surface area (Å²) >= 11 is 0. The number of carbonyl (C=O) groups is 1. The van der Waals surface area contributed by atoms with Crippen LogP contribution < -0.4 is 11.1 Å². The van der Waals surface area contributed by atoms with E-state index in [1.165, 1.54) is 30.5 Å². The summed E-state index contributed by atoms with van der Waals surface area (Å²) in [5.74, 6) is -1.41. The van der Waals surface area contributed by atoms with E-state index in [1.54, 1.807) is 0 Å². The van der Waals surface area contributed by atoms with Crippen LogP contribution in [0.15, 0.2) is 36.5 Å². The van der Waals surface area contributed by atoms with Crippen LogP contribution in [0, 0.1) is 5.82 Å². The van der Waals surface area contributed by atoms with E-state index in [0.29, 0.717) is 0 Å². The Labute approximate surface area is 102 Å². The molecule has 0 aliphatic carbocycles. The van der Waals surface area contributed by atoms with E-state index >= 15 is 0 Å². The number of amides is 1. The fourth-order valence-corrected chi connectivity index (χ4v) is 1.34. The van der Waals surface area contributed by atoms with Gasteiger partial charge in [-0.25, -0.2) is 9.37 Å². The number of aromatic nitrogens is 1. The number of anilines is 2. The number of rotatable bonds is 2. The first-order chi connectivity index (χ1) is 8.58. The Morgan fingerprint density at radius 2 is 2.17 bits per heavy atom. The number of nitrogens with zero attached hydrogens (tertiary/aromatic N) is 1. The van der Waals surface area contributed by atoms with E-state index in [-0.39, 0.29) is 22.8 Å². The molecule has 1 aromatic carbocycles. The lowest BCUT2D eigenvalue weighted by molar-refractivity contribution is 0.102. The van der Waals surface area contributed by atoms with Crippen molar-refractivity contribution in [3.8, 4) is 5.75 Å². The molecule has 0 fully saturated rings. The average molecular weight is 247 g/mol. The Balaban J connectivity index is 2.22. The number of nitrogens with two attached hydrogens (primary N) is 1. The van der Waals surface area contributed by atoms with Crippen LogP contribution in [0.1, 0.15) is 10.4 Å². The maximum Gasteiger partial charge on any atom is 0.257 e. The van der Waals surface area contributed by atoms with Gasteiger partial charge in [0.2, 0.25) is 0 Å². The third-order valence-electron chi connectivity index (χ3n) is 2.28. The summed E-state index contributed by atoms with van der Waals surface area (Å²) in [7, 11) is 0. The quantitative estimate of drug-likeness (QED) is 0.705. The van der Waals surface area contributed by atoms with Gasteiger partial charge in [-0.1, -0.05) is 0 Å². The van der Waals surface area contributed by atoms with Gasteiger partial charge in [-0.2, -0.15) is 0 Å². The molecule has 0 spiro atoms. The topological polar surface area (TPSA) is 88.2 Å². The minimum absolute atomic E-state index is 0.0136. The van der Waals surface area contributed by atoms with Crippen LogP contribution in [0.5, 0.6) is 5.75 Å². The zero-order chi connectivity index (χ0) is 13.1. The fourth-order valence-electron chi connectivity index (χ4n) is 1.34. The Bertz CT molecular complexity index is 602. The van der Waals surface area contributed by atoms with E-state index in [9.17, 15) is 14.3 Å². The Morgan fingerprint density at radius 3 is 2.83 bits per heavy atom. The van der Waals surface area contributed by atoms with Crippen molar-refractivity contribution < 1.29 is 14.3 Å². The molecule has 0 radical (unpaired) electrons. The number of hydrogen-bond acceptors (Lipinski definition) is 4. The van der Waals surface area contributed by atoms with Crippen molar-refractivity contribution in [3.63, 3.8) is 0 Å². The van der Waals surface area contributed by atoms with Crippen LogP contribution >= 0.6 is 0 Å². The highest BCUT2D eigenvalue weighted by molar-refractivity contribution is 6.04. The van der Waals surface area contributed by atoms with Crippen LogP contribution in [-0.4, -0.2) is 16.0 Å². The Kier molecular flexibility index (Phi) is 3.09. The van der Waals surface area contributed by atoms with Crippen molar-refractivity contribution in [2.45, 2.75) is 0 Å². The van der Waals surface area contributed by atoms with Crippen molar-refractivity contribution in [2.24, 2.45) is 0 Å². The lowest BCUT2D eigenvalue weighted by atomic mass is 10.2. The summed E-state index contributed by atoms with van der Waals surface area (Å²) in [6, 6.07) is 6.60. The molecule has 1 heterocycles. The molecular weight excluding hydrogens is 237 g/mol. The van der Waals surface area contributed by atoms with Crippen LogP contribution in [0.4, 0.5) is 15.9 Å². The molecule has 6 heteroatoms. The highest BCUT2D eigenvalue weighted by atomic mass is 19.1. The smallest absolute Gasteiger partial charge is 0.257 e. The standard InChI is InChI=1S/C12H10FN3O2/c13-8-6-7(3-4-9(8)14)12(18)16-11-10(17)2-1-5-15-11/h1-6,17H,14H2,(H,15,16,18). The third-order valence-corrected chi connectivity index (χ3v) is 2.28. The van der Waals surface area contributed by atoms with Gasteiger partial charge in [-0.15, -0.1) is 0 Å². The zero-order valence-electron chi connectivity index (χ0n) is 9.22. The van der Waals surface area contributed by atoms with Crippen LogP contribution in [-0.2, 0) is 0 Å². The van der Waals surface area contributed by atoms with E-state index in [4.69, 9.17) is 5.73 Å². The van der Waals surface area contributed by atoms with Gasteiger partial charge in [0.15, 0.2) is 11.6 Å². The van der Waals surface area contributed by atoms with Gasteiger partial charge in [-0.3, -0.25) is 4.79 Å². The summed E-state index contributed by atoms with van der Waals surface area (Å²) in [6.07, 6.45) is 1.42. The van der Waals surface area contributed by atoms with E-state index in [2.05, 4.69) is 10.3 Å². The minimum atomic E-state index is -0.673. The first-order valence-electron chi connectivity index (χ1n) is 5.08. The van der Waals surface area contributed by atoms with Gasteiger partial charge in [0.25, 0.3) is 5.91 Å². The lowest BCUT2D eigenvalue weighted by Gasteiger charge is -2.06. The monoisotopic (exact) mass is 247 g/mol. The number of aromatic hydroxyl groups is 1. The molecular formula is C12H10FN3O2. The predicted octanol–water partition coefficient (Wildman–Crippen LogP) is 1.76. The van der Waals surface area contributed by atoms with E-state index in [1.807, 2.05) is 0 Å². The molecule has 5 nitrogen and oxygen atoms in total.